The first-order chi connectivity index (χ1) is 13.5. The Morgan fingerprint density at radius 2 is 1.68 bits per heavy atom. The Kier molecular flexibility index (Phi) is 6.94. The van der Waals surface area contributed by atoms with Gasteiger partial charge in [0, 0.05) is 6.04 Å². The van der Waals surface area contributed by atoms with Crippen molar-refractivity contribution in [2.75, 3.05) is 0 Å². The molecule has 2 atom stereocenters. The van der Waals surface area contributed by atoms with Gasteiger partial charge in [-0.2, -0.15) is 0 Å². The van der Waals surface area contributed by atoms with E-state index in [-0.39, 0.29) is 21.7 Å². The van der Waals surface area contributed by atoms with Crippen molar-refractivity contribution in [1.82, 2.24) is 10.6 Å². The SMILES string of the molecule is O=C(N[C@@H](CCc1ccccc1)C(O)C(=O)NC1CC1)c1c(Cl)cccc1Cl. The molecule has 5 nitrogen and oxygen atoms in total. The van der Waals surface area contributed by atoms with Crippen molar-refractivity contribution in [3.63, 3.8) is 0 Å². The summed E-state index contributed by atoms with van der Waals surface area (Å²) >= 11 is 12.2. The van der Waals surface area contributed by atoms with Crippen LogP contribution in [0.4, 0.5) is 0 Å². The van der Waals surface area contributed by atoms with Gasteiger partial charge in [0.2, 0.25) is 0 Å². The lowest BCUT2D eigenvalue weighted by Gasteiger charge is -2.24. The van der Waals surface area contributed by atoms with Gasteiger partial charge in [0.05, 0.1) is 21.7 Å². The molecule has 3 rings (SSSR count). The molecule has 0 spiro atoms. The van der Waals surface area contributed by atoms with E-state index in [1.165, 1.54) is 0 Å². The number of aliphatic hydroxyl groups is 1. The van der Waals surface area contributed by atoms with Gasteiger partial charge < -0.3 is 15.7 Å². The zero-order valence-corrected chi connectivity index (χ0v) is 16.7. The van der Waals surface area contributed by atoms with Crippen LogP contribution in [0, 0.1) is 0 Å². The molecular formula is C21H22Cl2N2O3. The lowest BCUT2D eigenvalue weighted by Crippen LogP contribution is -2.51. The van der Waals surface area contributed by atoms with Crippen LogP contribution in [0.1, 0.15) is 35.2 Å². The van der Waals surface area contributed by atoms with Gasteiger partial charge in [0.15, 0.2) is 6.10 Å². The molecule has 2 aromatic rings. The molecule has 0 heterocycles. The normalized spacial score (nSPS) is 15.5. The van der Waals surface area contributed by atoms with Crippen LogP contribution in [0.5, 0.6) is 0 Å². The predicted octanol–water partition coefficient (Wildman–Crippen LogP) is 3.36. The monoisotopic (exact) mass is 420 g/mol. The fraction of sp³-hybridized carbons (Fsp3) is 0.333. The highest BCUT2D eigenvalue weighted by molar-refractivity contribution is 6.39. The van der Waals surface area contributed by atoms with Gasteiger partial charge in [0.1, 0.15) is 0 Å². The fourth-order valence-electron chi connectivity index (χ4n) is 2.93. The number of hydrogen-bond donors (Lipinski definition) is 3. The number of benzene rings is 2. The van der Waals surface area contributed by atoms with E-state index in [1.807, 2.05) is 30.3 Å². The topological polar surface area (TPSA) is 78.4 Å². The molecule has 0 aromatic heterocycles. The van der Waals surface area contributed by atoms with E-state index in [0.717, 1.165) is 18.4 Å². The third-order valence-electron chi connectivity index (χ3n) is 4.67. The van der Waals surface area contributed by atoms with Gasteiger partial charge in [-0.1, -0.05) is 59.6 Å². The molecule has 3 N–H and O–H groups in total. The molecule has 7 heteroatoms. The van der Waals surface area contributed by atoms with Crippen LogP contribution < -0.4 is 10.6 Å². The Balaban J connectivity index is 1.74. The highest BCUT2D eigenvalue weighted by Gasteiger charge is 2.32. The molecule has 148 valence electrons. The Labute approximate surface area is 174 Å². The Hall–Kier alpha value is -2.08. The highest BCUT2D eigenvalue weighted by Crippen LogP contribution is 2.24. The average molecular weight is 421 g/mol. The van der Waals surface area contributed by atoms with Crippen LogP contribution in [-0.2, 0) is 11.2 Å². The van der Waals surface area contributed by atoms with Gasteiger partial charge in [-0.25, -0.2) is 0 Å². The Morgan fingerprint density at radius 1 is 1.04 bits per heavy atom. The first-order valence-electron chi connectivity index (χ1n) is 9.23. The second-order valence-corrected chi connectivity index (χ2v) is 7.74. The summed E-state index contributed by atoms with van der Waals surface area (Å²) in [5.74, 6) is -1.00. The van der Waals surface area contributed by atoms with Crippen molar-refractivity contribution in [2.45, 2.75) is 43.9 Å². The zero-order chi connectivity index (χ0) is 20.1. The van der Waals surface area contributed by atoms with Crippen molar-refractivity contribution >= 4 is 35.0 Å². The molecule has 0 aliphatic heterocycles. The maximum Gasteiger partial charge on any atom is 0.254 e. The van der Waals surface area contributed by atoms with Crippen LogP contribution >= 0.6 is 23.2 Å². The molecule has 0 radical (unpaired) electrons. The second kappa shape index (κ2) is 9.41. The molecule has 28 heavy (non-hydrogen) atoms. The summed E-state index contributed by atoms with van der Waals surface area (Å²) in [5, 5.41) is 16.5. The minimum atomic E-state index is -1.37. The van der Waals surface area contributed by atoms with Crippen LogP contribution in [0.3, 0.4) is 0 Å². The summed E-state index contributed by atoms with van der Waals surface area (Å²) in [4.78, 5) is 25.1. The first-order valence-corrected chi connectivity index (χ1v) is 9.98. The summed E-state index contributed by atoms with van der Waals surface area (Å²) < 4.78 is 0. The summed E-state index contributed by atoms with van der Waals surface area (Å²) in [6.07, 6.45) is 1.44. The van der Waals surface area contributed by atoms with Gasteiger partial charge in [0.25, 0.3) is 11.8 Å². The third kappa shape index (κ3) is 5.47. The molecule has 1 fully saturated rings. The minimum absolute atomic E-state index is 0.116. The second-order valence-electron chi connectivity index (χ2n) is 6.93. The lowest BCUT2D eigenvalue weighted by molar-refractivity contribution is -0.130. The largest absolute Gasteiger partial charge is 0.381 e. The number of nitrogens with one attached hydrogen (secondary N) is 2. The molecule has 1 aliphatic carbocycles. The van der Waals surface area contributed by atoms with Crippen LogP contribution in [0.25, 0.3) is 0 Å². The number of hydrogen-bond acceptors (Lipinski definition) is 3. The molecule has 2 amide bonds. The van der Waals surface area contributed by atoms with E-state index in [0.29, 0.717) is 12.8 Å². The minimum Gasteiger partial charge on any atom is -0.381 e. The van der Waals surface area contributed by atoms with E-state index in [9.17, 15) is 14.7 Å². The molecule has 0 bridgehead atoms. The maximum atomic E-state index is 12.7. The molecule has 1 aliphatic rings. The number of carbonyl (C=O) groups excluding carboxylic acids is 2. The Bertz CT molecular complexity index is 821. The predicted molar refractivity (Wildman–Crippen MR) is 110 cm³/mol. The molecule has 1 unspecified atom stereocenters. The van der Waals surface area contributed by atoms with Gasteiger partial charge in [-0.15, -0.1) is 0 Å². The summed E-state index contributed by atoms with van der Waals surface area (Å²) in [7, 11) is 0. The van der Waals surface area contributed by atoms with Gasteiger partial charge in [-0.05, 0) is 43.4 Å². The van der Waals surface area contributed by atoms with Gasteiger partial charge in [-0.3, -0.25) is 9.59 Å². The van der Waals surface area contributed by atoms with Crippen molar-refractivity contribution in [3.8, 4) is 0 Å². The Morgan fingerprint density at radius 3 is 2.29 bits per heavy atom. The van der Waals surface area contributed by atoms with E-state index in [2.05, 4.69) is 10.6 Å². The van der Waals surface area contributed by atoms with E-state index in [4.69, 9.17) is 23.2 Å². The van der Waals surface area contributed by atoms with Crippen LogP contribution in [0.15, 0.2) is 48.5 Å². The number of aryl methyl sites for hydroxylation is 1. The van der Waals surface area contributed by atoms with Crippen LogP contribution in [-0.4, -0.2) is 35.1 Å². The average Bonchev–Trinajstić information content (AvgIpc) is 3.49. The number of halogens is 2. The zero-order valence-electron chi connectivity index (χ0n) is 15.2. The lowest BCUT2D eigenvalue weighted by atomic mass is 10.00. The summed E-state index contributed by atoms with van der Waals surface area (Å²) in [5.41, 5.74) is 1.18. The molecule has 1 saturated carbocycles. The van der Waals surface area contributed by atoms with Crippen molar-refractivity contribution in [3.05, 3.63) is 69.7 Å². The van der Waals surface area contributed by atoms with E-state index in [1.54, 1.807) is 18.2 Å². The standard InChI is InChI=1S/C21H22Cl2N2O3/c22-15-7-4-8-16(23)18(15)20(27)25-17(12-9-13-5-2-1-3-6-13)19(26)21(28)24-14-10-11-14/h1-8,14,17,19,26H,9-12H2,(H,24,28)(H,25,27)/t17-,19?/m0/s1. The van der Waals surface area contributed by atoms with E-state index < -0.39 is 24.0 Å². The summed E-state index contributed by atoms with van der Waals surface area (Å²) in [6, 6.07) is 13.8. The third-order valence-corrected chi connectivity index (χ3v) is 5.30. The first kappa shape index (κ1) is 20.6. The van der Waals surface area contributed by atoms with Crippen molar-refractivity contribution < 1.29 is 14.7 Å². The highest BCUT2D eigenvalue weighted by atomic mass is 35.5. The maximum absolute atomic E-state index is 12.7. The summed E-state index contributed by atoms with van der Waals surface area (Å²) in [6.45, 7) is 0. The quantitative estimate of drug-likeness (QED) is 0.612. The number of aliphatic hydroxyl groups excluding tert-OH is 1. The number of carbonyl (C=O) groups is 2. The van der Waals surface area contributed by atoms with Crippen molar-refractivity contribution in [2.24, 2.45) is 0 Å². The fourth-order valence-corrected chi connectivity index (χ4v) is 3.50. The molecule has 2 aromatic carbocycles. The number of rotatable bonds is 8. The number of amides is 2. The van der Waals surface area contributed by atoms with E-state index >= 15 is 0 Å². The molecule has 0 saturated heterocycles. The molecular weight excluding hydrogens is 399 g/mol. The smallest absolute Gasteiger partial charge is 0.254 e. The van der Waals surface area contributed by atoms with Gasteiger partial charge >= 0.3 is 0 Å². The van der Waals surface area contributed by atoms with Crippen LogP contribution in [0.2, 0.25) is 10.0 Å². The van der Waals surface area contributed by atoms with Crippen molar-refractivity contribution in [1.29, 1.82) is 0 Å².